The summed E-state index contributed by atoms with van der Waals surface area (Å²) < 4.78 is 5.37. The molecule has 1 N–H and O–H groups in total. The molecule has 0 spiro atoms. The molecule has 16 heavy (non-hydrogen) atoms. The molecular weight excluding hydrogens is 202 g/mol. The summed E-state index contributed by atoms with van der Waals surface area (Å²) in [5.74, 6) is 0. The Bertz CT molecular complexity index is 326. The predicted molar refractivity (Wildman–Crippen MR) is 64.5 cm³/mol. The van der Waals surface area contributed by atoms with Gasteiger partial charge in [-0.25, -0.2) is 9.97 Å². The van der Waals surface area contributed by atoms with Crippen LogP contribution in [-0.2, 0) is 6.54 Å². The molecule has 0 bridgehead atoms. The molecule has 0 saturated carbocycles. The van der Waals surface area contributed by atoms with E-state index in [-0.39, 0.29) is 0 Å². The summed E-state index contributed by atoms with van der Waals surface area (Å²) in [5, 5.41) is 3.34. The second-order valence-electron chi connectivity index (χ2n) is 4.15. The normalized spacial score (nSPS) is 10.8. The predicted octanol–water partition coefficient (Wildman–Crippen LogP) is 2.07. The van der Waals surface area contributed by atoms with Gasteiger partial charge in [-0.05, 0) is 13.3 Å². The maximum absolute atomic E-state index is 5.37. The number of ether oxygens (including phenoxy) is 1. The van der Waals surface area contributed by atoms with Crippen molar-refractivity contribution < 1.29 is 4.74 Å². The Balaban J connectivity index is 2.60. The Kier molecular flexibility index (Phi) is 5.19. The minimum absolute atomic E-state index is 0.468. The molecule has 1 aromatic heterocycles. The highest BCUT2D eigenvalue weighted by Gasteiger charge is 2.04. The summed E-state index contributed by atoms with van der Waals surface area (Å²) >= 11 is 0. The van der Waals surface area contributed by atoms with Gasteiger partial charge in [0.05, 0.1) is 6.61 Å². The van der Waals surface area contributed by atoms with Crippen molar-refractivity contribution in [1.29, 1.82) is 0 Å². The third-order valence-electron chi connectivity index (χ3n) is 2.19. The summed E-state index contributed by atoms with van der Waals surface area (Å²) in [5.41, 5.74) is 2.10. The molecule has 1 rings (SSSR count). The van der Waals surface area contributed by atoms with Crippen molar-refractivity contribution in [2.45, 2.75) is 46.7 Å². The van der Waals surface area contributed by atoms with E-state index in [4.69, 9.17) is 4.74 Å². The van der Waals surface area contributed by atoms with Crippen LogP contribution < -0.4 is 10.1 Å². The molecule has 4 heteroatoms. The Morgan fingerprint density at radius 3 is 2.75 bits per heavy atom. The molecule has 4 nitrogen and oxygen atoms in total. The van der Waals surface area contributed by atoms with Gasteiger partial charge in [-0.15, -0.1) is 0 Å². The van der Waals surface area contributed by atoms with E-state index in [2.05, 4.69) is 36.1 Å². The van der Waals surface area contributed by atoms with Gasteiger partial charge in [0.25, 0.3) is 0 Å². The fourth-order valence-corrected chi connectivity index (χ4v) is 1.22. The molecule has 0 unspecified atom stereocenters. The van der Waals surface area contributed by atoms with Crippen LogP contribution in [0.25, 0.3) is 0 Å². The van der Waals surface area contributed by atoms with E-state index in [9.17, 15) is 0 Å². The topological polar surface area (TPSA) is 47.0 Å². The molecule has 0 radical (unpaired) electrons. The number of nitrogens with one attached hydrogen (secondary N) is 1. The minimum atomic E-state index is 0.468. The van der Waals surface area contributed by atoms with E-state index in [0.717, 1.165) is 24.2 Å². The van der Waals surface area contributed by atoms with Gasteiger partial charge >= 0.3 is 6.01 Å². The Hall–Kier alpha value is -1.16. The molecule has 0 aliphatic heterocycles. The van der Waals surface area contributed by atoms with E-state index in [0.29, 0.717) is 18.7 Å². The van der Waals surface area contributed by atoms with Crippen LogP contribution in [0.3, 0.4) is 0 Å². The highest BCUT2D eigenvalue weighted by Crippen LogP contribution is 2.08. The van der Waals surface area contributed by atoms with Gasteiger partial charge < -0.3 is 10.1 Å². The van der Waals surface area contributed by atoms with Crippen LogP contribution >= 0.6 is 0 Å². The highest BCUT2D eigenvalue weighted by atomic mass is 16.5. The van der Waals surface area contributed by atoms with Crippen molar-refractivity contribution in [3.8, 4) is 6.01 Å². The van der Waals surface area contributed by atoms with E-state index in [1.54, 1.807) is 0 Å². The van der Waals surface area contributed by atoms with E-state index in [1.165, 1.54) is 0 Å². The quantitative estimate of drug-likeness (QED) is 0.802. The largest absolute Gasteiger partial charge is 0.463 e. The van der Waals surface area contributed by atoms with Crippen molar-refractivity contribution in [3.63, 3.8) is 0 Å². The lowest BCUT2D eigenvalue weighted by Crippen LogP contribution is -2.22. The van der Waals surface area contributed by atoms with Crippen molar-refractivity contribution >= 4 is 0 Å². The summed E-state index contributed by atoms with van der Waals surface area (Å²) in [6.07, 6.45) is 2.81. The van der Waals surface area contributed by atoms with Gasteiger partial charge in [-0.1, -0.05) is 20.8 Å². The second kappa shape index (κ2) is 6.43. The molecule has 0 fully saturated rings. The van der Waals surface area contributed by atoms with Gasteiger partial charge in [-0.2, -0.15) is 0 Å². The average Bonchev–Trinajstić information content (AvgIpc) is 2.24. The first-order valence-corrected chi connectivity index (χ1v) is 5.82. The Morgan fingerprint density at radius 1 is 1.44 bits per heavy atom. The first-order chi connectivity index (χ1) is 7.63. The van der Waals surface area contributed by atoms with Gasteiger partial charge in [-0.3, -0.25) is 0 Å². The maximum atomic E-state index is 5.37. The fourth-order valence-electron chi connectivity index (χ4n) is 1.22. The third-order valence-corrected chi connectivity index (χ3v) is 2.19. The zero-order valence-electron chi connectivity index (χ0n) is 10.6. The van der Waals surface area contributed by atoms with Crippen LogP contribution in [0, 0.1) is 6.92 Å². The zero-order chi connectivity index (χ0) is 12.0. The summed E-state index contributed by atoms with van der Waals surface area (Å²) in [6.45, 7) is 9.76. The first-order valence-electron chi connectivity index (χ1n) is 5.82. The lowest BCUT2D eigenvalue weighted by atomic mass is 10.2. The van der Waals surface area contributed by atoms with Crippen LogP contribution in [-0.4, -0.2) is 22.6 Å². The number of rotatable bonds is 6. The van der Waals surface area contributed by atoms with Crippen molar-refractivity contribution in [2.24, 2.45) is 0 Å². The van der Waals surface area contributed by atoms with Gasteiger partial charge in [0, 0.05) is 30.0 Å². The smallest absolute Gasteiger partial charge is 0.316 e. The Morgan fingerprint density at radius 2 is 2.19 bits per heavy atom. The van der Waals surface area contributed by atoms with E-state index >= 15 is 0 Å². The molecule has 0 aliphatic rings. The summed E-state index contributed by atoms with van der Waals surface area (Å²) in [7, 11) is 0. The van der Waals surface area contributed by atoms with Gasteiger partial charge in [0.1, 0.15) is 0 Å². The molecule has 90 valence electrons. The van der Waals surface area contributed by atoms with Crippen LogP contribution in [0.15, 0.2) is 6.20 Å². The minimum Gasteiger partial charge on any atom is -0.463 e. The maximum Gasteiger partial charge on any atom is 0.316 e. The number of hydrogen-bond donors (Lipinski definition) is 1. The lowest BCUT2D eigenvalue weighted by molar-refractivity contribution is 0.291. The van der Waals surface area contributed by atoms with Crippen molar-refractivity contribution in [2.75, 3.05) is 6.61 Å². The molecule has 0 aliphatic carbocycles. The molecule has 1 heterocycles. The first kappa shape index (κ1) is 12.9. The molecule has 1 aromatic rings. The second-order valence-corrected chi connectivity index (χ2v) is 4.15. The average molecular weight is 223 g/mol. The van der Waals surface area contributed by atoms with Gasteiger partial charge in [0.15, 0.2) is 0 Å². The lowest BCUT2D eigenvalue weighted by Gasteiger charge is -2.10. The molecule has 0 amide bonds. The monoisotopic (exact) mass is 223 g/mol. The van der Waals surface area contributed by atoms with Crippen LogP contribution in [0.5, 0.6) is 6.01 Å². The van der Waals surface area contributed by atoms with Crippen molar-refractivity contribution in [1.82, 2.24) is 15.3 Å². The number of aryl methyl sites for hydroxylation is 1. The highest BCUT2D eigenvalue weighted by molar-refractivity contribution is 5.17. The summed E-state index contributed by atoms with van der Waals surface area (Å²) in [6, 6.07) is 0.947. The van der Waals surface area contributed by atoms with Crippen LogP contribution in [0.4, 0.5) is 0 Å². The number of hydrogen-bond acceptors (Lipinski definition) is 4. The third kappa shape index (κ3) is 4.14. The van der Waals surface area contributed by atoms with E-state index in [1.807, 2.05) is 13.1 Å². The molecular formula is C12H21N3O. The SMILES string of the molecule is CCCOc1ncc(CNC(C)C)c(C)n1. The zero-order valence-corrected chi connectivity index (χ0v) is 10.6. The number of nitrogens with zero attached hydrogens (tertiary/aromatic N) is 2. The fraction of sp³-hybridized carbons (Fsp3) is 0.667. The van der Waals surface area contributed by atoms with Crippen molar-refractivity contribution in [3.05, 3.63) is 17.5 Å². The molecule has 0 saturated heterocycles. The van der Waals surface area contributed by atoms with E-state index < -0.39 is 0 Å². The van der Waals surface area contributed by atoms with Gasteiger partial charge in [0.2, 0.25) is 0 Å². The molecule has 0 atom stereocenters. The van der Waals surface area contributed by atoms with Crippen LogP contribution in [0.2, 0.25) is 0 Å². The Labute approximate surface area is 97.5 Å². The molecule has 0 aromatic carbocycles. The van der Waals surface area contributed by atoms with Crippen LogP contribution in [0.1, 0.15) is 38.4 Å². The number of aromatic nitrogens is 2. The summed E-state index contributed by atoms with van der Waals surface area (Å²) in [4.78, 5) is 8.50. The standard InChI is InChI=1S/C12H21N3O/c1-5-6-16-12-14-8-11(10(4)15-12)7-13-9(2)3/h8-9,13H,5-7H2,1-4H3.